The Morgan fingerprint density at radius 2 is 1.66 bits per heavy atom. The number of nitrogens with zero attached hydrogens (tertiary/aromatic N) is 5. The van der Waals surface area contributed by atoms with E-state index in [2.05, 4.69) is 40.8 Å². The zero-order valence-electron chi connectivity index (χ0n) is 19.3. The van der Waals surface area contributed by atoms with Crippen LogP contribution in [0.25, 0.3) is 38.5 Å². The summed E-state index contributed by atoms with van der Waals surface area (Å²) in [7, 11) is 0. The van der Waals surface area contributed by atoms with Crippen LogP contribution in [0.4, 0.5) is 11.5 Å². The van der Waals surface area contributed by atoms with Gasteiger partial charge in [0.25, 0.3) is 0 Å². The number of pyridine rings is 2. The fourth-order valence-corrected chi connectivity index (χ4v) is 5.09. The number of hydrogen-bond acceptors (Lipinski definition) is 6. The maximum absolute atomic E-state index is 4.94. The highest BCUT2D eigenvalue weighted by Gasteiger charge is 2.15. The van der Waals surface area contributed by atoms with Crippen LogP contribution in [0.5, 0.6) is 0 Å². The fraction of sp³-hybridized carbons (Fsp3) is 0.0714. The topological polar surface area (TPSA) is 68.5 Å². The van der Waals surface area contributed by atoms with Crippen molar-refractivity contribution in [1.82, 2.24) is 24.7 Å². The van der Waals surface area contributed by atoms with E-state index in [-0.39, 0.29) is 0 Å². The van der Waals surface area contributed by atoms with Crippen LogP contribution in [0, 0.1) is 13.8 Å². The molecule has 2 aromatic carbocycles. The summed E-state index contributed by atoms with van der Waals surface area (Å²) in [5, 5.41) is 12.4. The van der Waals surface area contributed by atoms with E-state index in [0.717, 1.165) is 61.3 Å². The summed E-state index contributed by atoms with van der Waals surface area (Å²) in [6, 6.07) is 24.4. The van der Waals surface area contributed by atoms with Crippen LogP contribution in [0.1, 0.15) is 11.3 Å². The zero-order chi connectivity index (χ0) is 23.8. The van der Waals surface area contributed by atoms with E-state index in [0.29, 0.717) is 0 Å². The molecule has 6 nitrogen and oxygen atoms in total. The minimum Gasteiger partial charge on any atom is -0.340 e. The predicted octanol–water partition coefficient (Wildman–Crippen LogP) is 6.97. The summed E-state index contributed by atoms with van der Waals surface area (Å²) < 4.78 is 1.91. The monoisotopic (exact) mass is 474 g/mol. The highest BCUT2D eigenvalue weighted by Crippen LogP contribution is 2.31. The average molecular weight is 475 g/mol. The number of nitrogens with one attached hydrogen (secondary N) is 1. The van der Waals surface area contributed by atoms with Crippen molar-refractivity contribution in [3.05, 3.63) is 102 Å². The van der Waals surface area contributed by atoms with Gasteiger partial charge in [0.15, 0.2) is 5.65 Å². The molecule has 0 unspecified atom stereocenters. The van der Waals surface area contributed by atoms with Crippen molar-refractivity contribution in [2.75, 3.05) is 5.32 Å². The number of thiazole rings is 1. The van der Waals surface area contributed by atoms with Crippen LogP contribution in [-0.2, 0) is 0 Å². The first kappa shape index (κ1) is 21.2. The number of rotatable bonds is 5. The Morgan fingerprint density at radius 3 is 2.49 bits per heavy atom. The van der Waals surface area contributed by atoms with Crippen LogP contribution in [0.2, 0.25) is 0 Å². The Kier molecular flexibility index (Phi) is 5.31. The molecule has 0 amide bonds. The lowest BCUT2D eigenvalue weighted by Gasteiger charge is -2.10. The molecular weight excluding hydrogens is 452 g/mol. The van der Waals surface area contributed by atoms with E-state index < -0.39 is 0 Å². The number of benzene rings is 2. The van der Waals surface area contributed by atoms with Gasteiger partial charge in [-0.25, -0.2) is 14.6 Å². The third kappa shape index (κ3) is 4.06. The molecule has 1 N–H and O–H groups in total. The van der Waals surface area contributed by atoms with Crippen molar-refractivity contribution in [2.45, 2.75) is 13.8 Å². The fourth-order valence-electron chi connectivity index (χ4n) is 4.25. The Labute approximate surface area is 207 Å². The van der Waals surface area contributed by atoms with Gasteiger partial charge < -0.3 is 5.32 Å². The van der Waals surface area contributed by atoms with Crippen molar-refractivity contribution in [2.24, 2.45) is 0 Å². The molecule has 35 heavy (non-hydrogen) atoms. The number of fused-ring (bicyclic) bond motifs is 1. The third-order valence-corrected chi connectivity index (χ3v) is 6.76. The van der Waals surface area contributed by atoms with Gasteiger partial charge in [0.05, 0.1) is 17.1 Å². The van der Waals surface area contributed by atoms with E-state index in [1.54, 1.807) is 23.7 Å². The van der Waals surface area contributed by atoms with Crippen LogP contribution in [-0.4, -0.2) is 24.7 Å². The number of hydrogen-bond donors (Lipinski definition) is 1. The molecule has 4 aromatic heterocycles. The van der Waals surface area contributed by atoms with Crippen molar-refractivity contribution in [3.63, 3.8) is 0 Å². The molecule has 0 fully saturated rings. The first-order valence-corrected chi connectivity index (χ1v) is 12.2. The molecule has 0 aliphatic carbocycles. The average Bonchev–Trinajstić information content (AvgIpc) is 3.51. The Bertz CT molecular complexity index is 1640. The van der Waals surface area contributed by atoms with E-state index in [4.69, 9.17) is 15.1 Å². The maximum Gasteiger partial charge on any atom is 0.165 e. The maximum atomic E-state index is 4.94. The number of anilines is 2. The molecule has 4 heterocycles. The van der Waals surface area contributed by atoms with Gasteiger partial charge in [-0.2, -0.15) is 5.10 Å². The van der Waals surface area contributed by atoms with E-state index >= 15 is 0 Å². The lowest BCUT2D eigenvalue weighted by atomic mass is 10.1. The molecule has 0 radical (unpaired) electrons. The largest absolute Gasteiger partial charge is 0.340 e. The standard InChI is InChI=1S/C28H22N6S/c1-18-15-25(32-27-26(18)19(2)33-34(27)23-9-4-3-5-10-23)30-22-8-6-7-21(16-22)24-17-35-28(31-24)20-11-13-29-14-12-20/h3-17H,1-2H3,(H,30,32). The summed E-state index contributed by atoms with van der Waals surface area (Å²) in [6.07, 6.45) is 3.58. The molecule has 0 aliphatic rings. The second kappa shape index (κ2) is 8.77. The molecule has 0 bridgehead atoms. The molecule has 0 spiro atoms. The highest BCUT2D eigenvalue weighted by atomic mass is 32.1. The normalized spacial score (nSPS) is 11.1. The van der Waals surface area contributed by atoms with Crippen molar-refractivity contribution in [3.8, 4) is 27.5 Å². The van der Waals surface area contributed by atoms with Gasteiger partial charge >= 0.3 is 0 Å². The van der Waals surface area contributed by atoms with Gasteiger partial charge in [0.1, 0.15) is 10.8 Å². The molecule has 6 aromatic rings. The smallest absolute Gasteiger partial charge is 0.165 e. The molecule has 0 atom stereocenters. The van der Waals surface area contributed by atoms with E-state index in [1.807, 2.05) is 66.2 Å². The molecule has 0 saturated heterocycles. The number of aryl methyl sites for hydroxylation is 2. The van der Waals surface area contributed by atoms with Gasteiger partial charge in [-0.3, -0.25) is 4.98 Å². The molecule has 6 rings (SSSR count). The predicted molar refractivity (Wildman–Crippen MR) is 142 cm³/mol. The van der Waals surface area contributed by atoms with Crippen LogP contribution >= 0.6 is 11.3 Å². The van der Waals surface area contributed by atoms with Gasteiger partial charge in [-0.15, -0.1) is 11.3 Å². The zero-order valence-corrected chi connectivity index (χ0v) is 20.1. The SMILES string of the molecule is Cc1cc(Nc2cccc(-c3csc(-c4ccncc4)n3)c2)nc2c1c(C)nn2-c1ccccc1. The van der Waals surface area contributed by atoms with Crippen molar-refractivity contribution in [1.29, 1.82) is 0 Å². The highest BCUT2D eigenvalue weighted by molar-refractivity contribution is 7.13. The first-order chi connectivity index (χ1) is 17.2. The van der Waals surface area contributed by atoms with Crippen molar-refractivity contribution < 1.29 is 0 Å². The van der Waals surface area contributed by atoms with Gasteiger partial charge in [-0.1, -0.05) is 30.3 Å². The Morgan fingerprint density at radius 1 is 0.829 bits per heavy atom. The molecule has 170 valence electrons. The molecular formula is C28H22N6S. The quantitative estimate of drug-likeness (QED) is 0.292. The van der Waals surface area contributed by atoms with E-state index in [9.17, 15) is 0 Å². The van der Waals surface area contributed by atoms with Gasteiger partial charge in [0, 0.05) is 40.0 Å². The summed E-state index contributed by atoms with van der Waals surface area (Å²) in [5.41, 5.74) is 7.96. The minimum absolute atomic E-state index is 0.778. The number of aromatic nitrogens is 5. The molecule has 0 aliphatic heterocycles. The Balaban J connectivity index is 1.34. The molecule has 0 saturated carbocycles. The summed E-state index contributed by atoms with van der Waals surface area (Å²) in [5.74, 6) is 0.778. The summed E-state index contributed by atoms with van der Waals surface area (Å²) >= 11 is 1.63. The first-order valence-electron chi connectivity index (χ1n) is 11.3. The lowest BCUT2D eigenvalue weighted by molar-refractivity contribution is 0.878. The lowest BCUT2D eigenvalue weighted by Crippen LogP contribution is -2.00. The second-order valence-corrected chi connectivity index (χ2v) is 9.19. The summed E-state index contributed by atoms with van der Waals surface area (Å²) in [6.45, 7) is 4.13. The third-order valence-electron chi connectivity index (χ3n) is 5.87. The second-order valence-electron chi connectivity index (χ2n) is 8.34. The van der Waals surface area contributed by atoms with Crippen LogP contribution in [0.15, 0.2) is 90.6 Å². The number of para-hydroxylation sites is 1. The summed E-state index contributed by atoms with van der Waals surface area (Å²) in [4.78, 5) is 13.9. The molecule has 7 heteroatoms. The van der Waals surface area contributed by atoms with Crippen LogP contribution < -0.4 is 5.32 Å². The van der Waals surface area contributed by atoms with Gasteiger partial charge in [0.2, 0.25) is 0 Å². The van der Waals surface area contributed by atoms with Gasteiger partial charge in [-0.05, 0) is 61.9 Å². The van der Waals surface area contributed by atoms with Crippen LogP contribution in [0.3, 0.4) is 0 Å². The van der Waals surface area contributed by atoms with E-state index in [1.165, 1.54) is 0 Å². The minimum atomic E-state index is 0.778. The Hall–Kier alpha value is -4.36. The van der Waals surface area contributed by atoms with Crippen molar-refractivity contribution >= 4 is 33.9 Å².